The Morgan fingerprint density at radius 2 is 1.92 bits per heavy atom. The predicted molar refractivity (Wildman–Crippen MR) is 202 cm³/mol. The Hall–Kier alpha value is -3.26. The maximum absolute atomic E-state index is 14.1. The number of methoxy groups -OCH3 is 1. The molecule has 3 aliphatic heterocycles. The number of nitrogens with zero attached hydrogens (tertiary/aromatic N) is 2. The number of esters is 1. The number of likely N-dealkylation sites (N-methyl/N-ethyl adjacent to an activating group) is 1. The fourth-order valence-corrected chi connectivity index (χ4v) is 7.76. The summed E-state index contributed by atoms with van der Waals surface area (Å²) in [5.41, 5.74) is -0.543. The van der Waals surface area contributed by atoms with Crippen molar-refractivity contribution >= 4 is 52.9 Å². The van der Waals surface area contributed by atoms with Crippen LogP contribution in [0.25, 0.3) is 0 Å². The lowest BCUT2D eigenvalue weighted by Gasteiger charge is -2.41. The lowest BCUT2D eigenvalue weighted by atomic mass is 9.82. The number of hydrogen-bond acceptors (Lipinski definition) is 10. The molecule has 8 atom stereocenters. The number of nitrogens with one attached hydrogen (secondary N) is 1. The second-order valence-corrected chi connectivity index (χ2v) is 16.8. The van der Waals surface area contributed by atoms with Crippen molar-refractivity contribution in [3.8, 4) is 5.75 Å². The van der Waals surface area contributed by atoms with Gasteiger partial charge >= 0.3 is 12.1 Å². The van der Waals surface area contributed by atoms with E-state index in [-0.39, 0.29) is 30.2 Å². The molecule has 0 unspecified atom stereocenters. The van der Waals surface area contributed by atoms with Crippen LogP contribution in [0.5, 0.6) is 5.75 Å². The van der Waals surface area contributed by atoms with Crippen LogP contribution in [0.3, 0.4) is 0 Å². The molecule has 0 aliphatic carbocycles. The molecule has 1 aromatic carbocycles. The van der Waals surface area contributed by atoms with Gasteiger partial charge in [0.1, 0.15) is 40.3 Å². The number of ether oxygens (including phenoxy) is 4. The van der Waals surface area contributed by atoms with Gasteiger partial charge in [-0.2, -0.15) is 11.8 Å². The summed E-state index contributed by atoms with van der Waals surface area (Å²) in [6, 6.07) is 2.69. The van der Waals surface area contributed by atoms with Crippen LogP contribution >= 0.6 is 23.4 Å². The number of alkyl carbamates (subject to hydrolysis) is 1. The Labute approximate surface area is 316 Å². The largest absolute Gasteiger partial charge is 0.495 e. The molecule has 3 aliphatic rings. The molecule has 1 aromatic rings. The standard InChI is InChI=1S/C38H54ClN3O9S/c1-21(2)52-15-14-31(43)41(8)25(6)35(45)50-30-19-32(44)42(9)27-17-26(18-28(48-10)33(27)39)16-22(3)12-11-13-23(4)38(47)20-29(49-36(46)40-38)24(5)34-37(30,7)51-34/h11-13,17-18,21,23-25,29-30,34,47H,14-16,19-20H2,1-10H3,(H,40,46)/b13-11+,22-12+/t23-,24-,25+,29+,30+,34+,37+,38+/m1/s1. The van der Waals surface area contributed by atoms with Crippen LogP contribution < -0.4 is 15.0 Å². The summed E-state index contributed by atoms with van der Waals surface area (Å²) in [6.07, 6.45) is 2.91. The molecule has 4 bridgehead atoms. The SMILES string of the molecule is COc1cc2cc(c1Cl)N(C)C(=O)C[C@H](OC(=O)[C@H](C)N(C)C(=O)CCSC(C)C)[C@]1(C)O[C@H]1[C@H](C)[C@@H]1C[C@@](O)(NC(=O)O1)[C@H](C)/C=C/C=C(\C)C2. The number of rotatable bonds is 8. The third-order valence-electron chi connectivity index (χ3n) is 10.4. The molecule has 0 aromatic heterocycles. The van der Waals surface area contributed by atoms with E-state index in [0.717, 1.165) is 11.1 Å². The number of allylic oxidation sites excluding steroid dienone is 3. The fraction of sp³-hybridized carbons (Fsp3) is 0.632. The van der Waals surface area contributed by atoms with Crippen LogP contribution in [-0.2, 0) is 35.0 Å². The molecule has 0 saturated carbocycles. The van der Waals surface area contributed by atoms with Gasteiger partial charge in [-0.3, -0.25) is 14.9 Å². The number of carbonyl (C=O) groups is 4. The van der Waals surface area contributed by atoms with E-state index in [1.807, 2.05) is 51.1 Å². The number of halogens is 1. The van der Waals surface area contributed by atoms with Crippen molar-refractivity contribution in [1.29, 1.82) is 0 Å². The highest BCUT2D eigenvalue weighted by Gasteiger charge is 2.64. The van der Waals surface area contributed by atoms with E-state index >= 15 is 0 Å². The van der Waals surface area contributed by atoms with Gasteiger partial charge in [-0.15, -0.1) is 0 Å². The topological polar surface area (TPSA) is 147 Å². The molecule has 2 fully saturated rings. The van der Waals surface area contributed by atoms with E-state index in [2.05, 4.69) is 19.2 Å². The van der Waals surface area contributed by atoms with E-state index in [1.165, 1.54) is 16.9 Å². The molecule has 3 amide bonds. The predicted octanol–water partition coefficient (Wildman–Crippen LogP) is 5.67. The lowest BCUT2D eigenvalue weighted by molar-refractivity contribution is -0.161. The Kier molecular flexibility index (Phi) is 13.4. The van der Waals surface area contributed by atoms with Gasteiger partial charge in [0.15, 0.2) is 0 Å². The Morgan fingerprint density at radius 3 is 2.58 bits per heavy atom. The van der Waals surface area contributed by atoms with Crippen LogP contribution in [0, 0.1) is 11.8 Å². The smallest absolute Gasteiger partial charge is 0.409 e. The summed E-state index contributed by atoms with van der Waals surface area (Å²) < 4.78 is 23.6. The molecular weight excluding hydrogens is 710 g/mol. The van der Waals surface area contributed by atoms with Crippen LogP contribution in [0.4, 0.5) is 10.5 Å². The Balaban J connectivity index is 1.71. The molecule has 3 heterocycles. The second-order valence-electron chi connectivity index (χ2n) is 14.7. The highest BCUT2D eigenvalue weighted by molar-refractivity contribution is 7.99. The van der Waals surface area contributed by atoms with Gasteiger partial charge in [0.2, 0.25) is 11.8 Å². The van der Waals surface area contributed by atoms with Gasteiger partial charge in [-0.1, -0.05) is 63.1 Å². The van der Waals surface area contributed by atoms with Crippen molar-refractivity contribution in [1.82, 2.24) is 10.2 Å². The van der Waals surface area contributed by atoms with Gasteiger partial charge < -0.3 is 33.9 Å². The molecule has 288 valence electrons. The van der Waals surface area contributed by atoms with Gasteiger partial charge in [0.25, 0.3) is 0 Å². The molecule has 52 heavy (non-hydrogen) atoms. The van der Waals surface area contributed by atoms with Crippen LogP contribution in [0.1, 0.15) is 73.3 Å². The molecular formula is C38H54ClN3O9S. The van der Waals surface area contributed by atoms with Crippen molar-refractivity contribution in [2.75, 3.05) is 31.9 Å². The first-order chi connectivity index (χ1) is 24.3. The molecule has 0 radical (unpaired) electrons. The highest BCUT2D eigenvalue weighted by atomic mass is 35.5. The molecule has 12 nitrogen and oxygen atoms in total. The number of aliphatic hydroxyl groups is 1. The summed E-state index contributed by atoms with van der Waals surface area (Å²) in [6.45, 7) is 13.0. The van der Waals surface area contributed by atoms with Crippen molar-refractivity contribution in [3.63, 3.8) is 0 Å². The van der Waals surface area contributed by atoms with Crippen molar-refractivity contribution in [3.05, 3.63) is 46.5 Å². The number of anilines is 1. The van der Waals surface area contributed by atoms with E-state index in [4.69, 9.17) is 30.5 Å². The molecule has 14 heteroatoms. The maximum Gasteiger partial charge on any atom is 0.409 e. The average molecular weight is 764 g/mol. The van der Waals surface area contributed by atoms with Gasteiger partial charge in [-0.05, 0) is 50.1 Å². The quantitative estimate of drug-likeness (QED) is 0.251. The zero-order valence-corrected chi connectivity index (χ0v) is 33.4. The Morgan fingerprint density at radius 1 is 1.23 bits per heavy atom. The minimum atomic E-state index is -1.61. The minimum Gasteiger partial charge on any atom is -0.495 e. The van der Waals surface area contributed by atoms with E-state index < -0.39 is 65.5 Å². The first kappa shape index (κ1) is 41.5. The van der Waals surface area contributed by atoms with Crippen molar-refractivity contribution < 1.29 is 43.2 Å². The summed E-state index contributed by atoms with van der Waals surface area (Å²) in [7, 11) is 4.65. The monoisotopic (exact) mass is 763 g/mol. The molecule has 4 rings (SSSR count). The highest BCUT2D eigenvalue weighted by Crippen LogP contribution is 2.49. The first-order valence-corrected chi connectivity index (χ1v) is 19.2. The van der Waals surface area contributed by atoms with Gasteiger partial charge in [0.05, 0.1) is 25.3 Å². The second kappa shape index (κ2) is 16.8. The zero-order chi connectivity index (χ0) is 38.7. The molecule has 2 saturated heterocycles. The Bertz CT molecular complexity index is 1590. The molecule has 2 N–H and O–H groups in total. The third kappa shape index (κ3) is 9.45. The number of epoxide rings is 1. The van der Waals surface area contributed by atoms with E-state index in [9.17, 15) is 24.3 Å². The number of thioether (sulfide) groups is 1. The number of amides is 3. The molecule has 0 spiro atoms. The first-order valence-electron chi connectivity index (χ1n) is 17.7. The van der Waals surface area contributed by atoms with Gasteiger partial charge in [0, 0.05) is 44.5 Å². The van der Waals surface area contributed by atoms with Crippen LogP contribution in [0.15, 0.2) is 35.9 Å². The van der Waals surface area contributed by atoms with Crippen molar-refractivity contribution in [2.24, 2.45) is 11.8 Å². The number of carbonyl (C=O) groups excluding carboxylic acids is 4. The maximum atomic E-state index is 14.1. The van der Waals surface area contributed by atoms with E-state index in [1.54, 1.807) is 39.7 Å². The average Bonchev–Trinajstić information content (AvgIpc) is 3.78. The minimum absolute atomic E-state index is 0.0688. The van der Waals surface area contributed by atoms with E-state index in [0.29, 0.717) is 28.9 Å². The number of benzene rings is 1. The van der Waals surface area contributed by atoms with Crippen LogP contribution in [0.2, 0.25) is 5.02 Å². The fourth-order valence-electron chi connectivity index (χ4n) is 6.68. The summed E-state index contributed by atoms with van der Waals surface area (Å²) in [4.78, 5) is 56.4. The number of hydrogen-bond donors (Lipinski definition) is 2. The zero-order valence-electron chi connectivity index (χ0n) is 31.9. The summed E-state index contributed by atoms with van der Waals surface area (Å²) in [5, 5.41) is 14.9. The third-order valence-corrected chi connectivity index (χ3v) is 11.9. The lowest BCUT2D eigenvalue weighted by Crippen LogP contribution is -2.60. The van der Waals surface area contributed by atoms with Crippen LogP contribution in [-0.4, -0.2) is 102 Å². The normalized spacial score (nSPS) is 31.7. The van der Waals surface area contributed by atoms with Gasteiger partial charge in [-0.25, -0.2) is 9.59 Å². The summed E-state index contributed by atoms with van der Waals surface area (Å²) >= 11 is 8.42. The van der Waals surface area contributed by atoms with Crippen molar-refractivity contribution in [2.45, 2.75) is 115 Å². The number of fused-ring (bicyclic) bond motifs is 5. The summed E-state index contributed by atoms with van der Waals surface area (Å²) in [5.74, 6) is -1.24.